The van der Waals surface area contributed by atoms with Crippen LogP contribution in [0.3, 0.4) is 0 Å². The third-order valence-corrected chi connectivity index (χ3v) is 4.43. The Hall–Kier alpha value is -1.88. The van der Waals surface area contributed by atoms with Crippen LogP contribution in [0, 0.1) is 5.92 Å². The zero-order chi connectivity index (χ0) is 17.4. The molecule has 2 amide bonds. The number of hydrogen-bond acceptors (Lipinski definition) is 3. The highest BCUT2D eigenvalue weighted by atomic mass is 16.5. The largest absolute Gasteiger partial charge is 0.376 e. The highest BCUT2D eigenvalue weighted by molar-refractivity contribution is 5.88. The summed E-state index contributed by atoms with van der Waals surface area (Å²) in [6.45, 7) is 4.83. The second kappa shape index (κ2) is 9.42. The molecule has 0 aromatic heterocycles. The second-order valence-corrected chi connectivity index (χ2v) is 6.58. The summed E-state index contributed by atoms with van der Waals surface area (Å²) in [6.07, 6.45) is 5.60. The zero-order valence-corrected chi connectivity index (χ0v) is 14.6. The van der Waals surface area contributed by atoms with Gasteiger partial charge in [-0.1, -0.05) is 31.9 Å². The summed E-state index contributed by atoms with van der Waals surface area (Å²) in [5.41, 5.74) is 1.66. The predicted octanol–water partition coefficient (Wildman–Crippen LogP) is 2.90. The van der Waals surface area contributed by atoms with E-state index in [1.165, 1.54) is 26.2 Å². The van der Waals surface area contributed by atoms with Gasteiger partial charge in [0, 0.05) is 19.2 Å². The predicted molar refractivity (Wildman–Crippen MR) is 94.8 cm³/mol. The molecule has 1 aliphatic rings. The molecule has 1 aliphatic carbocycles. The maximum absolute atomic E-state index is 12.0. The van der Waals surface area contributed by atoms with Gasteiger partial charge in [0.15, 0.2) is 0 Å². The van der Waals surface area contributed by atoms with Gasteiger partial charge >= 0.3 is 0 Å². The maximum atomic E-state index is 12.0. The van der Waals surface area contributed by atoms with Crippen molar-refractivity contribution < 1.29 is 14.3 Å². The fourth-order valence-corrected chi connectivity index (χ4v) is 3.09. The summed E-state index contributed by atoms with van der Waals surface area (Å²) in [7, 11) is 0. The Kier molecular flexibility index (Phi) is 7.25. The molecule has 1 saturated carbocycles. The van der Waals surface area contributed by atoms with Gasteiger partial charge in [0.05, 0.1) is 19.1 Å². The molecule has 24 heavy (non-hydrogen) atoms. The van der Waals surface area contributed by atoms with E-state index >= 15 is 0 Å². The van der Waals surface area contributed by atoms with Crippen LogP contribution >= 0.6 is 0 Å². The highest BCUT2D eigenvalue weighted by Gasteiger charge is 2.21. The molecule has 0 saturated heterocycles. The Bertz CT molecular complexity index is 542. The number of nitrogens with one attached hydrogen (secondary N) is 2. The molecule has 0 heterocycles. The Morgan fingerprint density at radius 1 is 1.17 bits per heavy atom. The Balaban J connectivity index is 1.65. The first-order chi connectivity index (χ1) is 11.5. The van der Waals surface area contributed by atoms with E-state index in [-0.39, 0.29) is 11.8 Å². The minimum Gasteiger partial charge on any atom is -0.376 e. The summed E-state index contributed by atoms with van der Waals surface area (Å²) in [5.74, 6) is 0.506. The molecule has 1 aromatic rings. The first-order valence-corrected chi connectivity index (χ1v) is 8.79. The third-order valence-electron chi connectivity index (χ3n) is 4.43. The average molecular weight is 332 g/mol. The molecule has 5 heteroatoms. The molecule has 1 aromatic carbocycles. The monoisotopic (exact) mass is 332 g/mol. The molecule has 1 fully saturated rings. The fraction of sp³-hybridized carbons (Fsp3) is 0.579. The highest BCUT2D eigenvalue weighted by Crippen LogP contribution is 2.25. The molecule has 132 valence electrons. The SMILES string of the molecule is CC(=O)Nc1ccc(CC(=O)NCCO[C@H]2CCCC[C@@H]2C)cc1. The first kappa shape index (κ1) is 18.5. The van der Waals surface area contributed by atoms with Gasteiger partial charge in [0.25, 0.3) is 0 Å². The summed E-state index contributed by atoms with van der Waals surface area (Å²) in [4.78, 5) is 22.9. The van der Waals surface area contributed by atoms with E-state index in [4.69, 9.17) is 4.74 Å². The van der Waals surface area contributed by atoms with Crippen molar-refractivity contribution in [1.82, 2.24) is 5.32 Å². The van der Waals surface area contributed by atoms with E-state index in [9.17, 15) is 9.59 Å². The van der Waals surface area contributed by atoms with Crippen molar-refractivity contribution in [2.75, 3.05) is 18.5 Å². The van der Waals surface area contributed by atoms with Crippen molar-refractivity contribution >= 4 is 17.5 Å². The summed E-state index contributed by atoms with van der Waals surface area (Å²) in [5, 5.41) is 5.60. The molecule has 2 rings (SSSR count). The molecule has 0 unspecified atom stereocenters. The number of carbonyl (C=O) groups is 2. The quantitative estimate of drug-likeness (QED) is 0.755. The van der Waals surface area contributed by atoms with Crippen molar-refractivity contribution in [3.8, 4) is 0 Å². The number of amides is 2. The van der Waals surface area contributed by atoms with Gasteiger partial charge < -0.3 is 15.4 Å². The van der Waals surface area contributed by atoms with Crippen LogP contribution in [0.5, 0.6) is 0 Å². The smallest absolute Gasteiger partial charge is 0.224 e. The van der Waals surface area contributed by atoms with E-state index in [2.05, 4.69) is 17.6 Å². The van der Waals surface area contributed by atoms with Crippen LogP contribution in [-0.4, -0.2) is 31.1 Å². The number of rotatable bonds is 7. The molecule has 0 spiro atoms. The van der Waals surface area contributed by atoms with Crippen LogP contribution in [0.15, 0.2) is 24.3 Å². The van der Waals surface area contributed by atoms with Gasteiger partial charge in [-0.3, -0.25) is 9.59 Å². The van der Waals surface area contributed by atoms with Crippen LogP contribution in [0.1, 0.15) is 45.1 Å². The lowest BCUT2D eigenvalue weighted by atomic mass is 9.88. The van der Waals surface area contributed by atoms with Crippen LogP contribution in [0.25, 0.3) is 0 Å². The lowest BCUT2D eigenvalue weighted by Crippen LogP contribution is -2.32. The van der Waals surface area contributed by atoms with Gasteiger partial charge in [0.2, 0.25) is 11.8 Å². The van der Waals surface area contributed by atoms with E-state index < -0.39 is 0 Å². The maximum Gasteiger partial charge on any atom is 0.224 e. The van der Waals surface area contributed by atoms with E-state index in [1.807, 2.05) is 12.1 Å². The van der Waals surface area contributed by atoms with Gasteiger partial charge in [-0.25, -0.2) is 0 Å². The van der Waals surface area contributed by atoms with E-state index in [0.29, 0.717) is 31.6 Å². The standard InChI is InChI=1S/C19H28N2O3/c1-14-5-3-4-6-18(14)24-12-11-20-19(23)13-16-7-9-17(10-8-16)21-15(2)22/h7-10,14,18H,3-6,11-13H2,1-2H3,(H,20,23)(H,21,22)/t14-,18-/m0/s1. The average Bonchev–Trinajstić information content (AvgIpc) is 2.54. The van der Waals surface area contributed by atoms with Gasteiger partial charge in [0.1, 0.15) is 0 Å². The van der Waals surface area contributed by atoms with Gasteiger partial charge in [-0.2, -0.15) is 0 Å². The van der Waals surface area contributed by atoms with Crippen LogP contribution in [0.4, 0.5) is 5.69 Å². The molecule has 0 radical (unpaired) electrons. The molecule has 0 bridgehead atoms. The third kappa shape index (κ3) is 6.32. The molecule has 0 aliphatic heterocycles. The molecule has 2 N–H and O–H groups in total. The first-order valence-electron chi connectivity index (χ1n) is 8.79. The lowest BCUT2D eigenvalue weighted by Gasteiger charge is -2.28. The van der Waals surface area contributed by atoms with E-state index in [0.717, 1.165) is 17.7 Å². The Morgan fingerprint density at radius 3 is 2.54 bits per heavy atom. The van der Waals surface area contributed by atoms with Gasteiger partial charge in [-0.05, 0) is 36.5 Å². The Morgan fingerprint density at radius 2 is 1.88 bits per heavy atom. The Labute approximate surface area is 144 Å². The molecule has 5 nitrogen and oxygen atoms in total. The van der Waals surface area contributed by atoms with Crippen LogP contribution in [0.2, 0.25) is 0 Å². The molecular weight excluding hydrogens is 304 g/mol. The number of ether oxygens (including phenoxy) is 1. The fourth-order valence-electron chi connectivity index (χ4n) is 3.09. The molecular formula is C19H28N2O3. The van der Waals surface area contributed by atoms with Crippen LogP contribution < -0.4 is 10.6 Å². The van der Waals surface area contributed by atoms with Crippen molar-refractivity contribution in [2.45, 2.75) is 52.1 Å². The van der Waals surface area contributed by atoms with Crippen molar-refractivity contribution in [3.05, 3.63) is 29.8 Å². The lowest BCUT2D eigenvalue weighted by molar-refractivity contribution is -0.121. The number of benzene rings is 1. The second-order valence-electron chi connectivity index (χ2n) is 6.58. The van der Waals surface area contributed by atoms with Crippen LogP contribution in [-0.2, 0) is 20.7 Å². The van der Waals surface area contributed by atoms with Crippen molar-refractivity contribution in [1.29, 1.82) is 0 Å². The van der Waals surface area contributed by atoms with E-state index in [1.54, 1.807) is 12.1 Å². The normalized spacial score (nSPS) is 20.4. The summed E-state index contributed by atoms with van der Waals surface area (Å²) in [6, 6.07) is 7.31. The number of hydrogen-bond donors (Lipinski definition) is 2. The number of anilines is 1. The molecule has 2 atom stereocenters. The van der Waals surface area contributed by atoms with Crippen molar-refractivity contribution in [2.24, 2.45) is 5.92 Å². The van der Waals surface area contributed by atoms with Crippen molar-refractivity contribution in [3.63, 3.8) is 0 Å². The number of carbonyl (C=O) groups excluding carboxylic acids is 2. The minimum atomic E-state index is -0.104. The topological polar surface area (TPSA) is 67.4 Å². The zero-order valence-electron chi connectivity index (χ0n) is 14.6. The van der Waals surface area contributed by atoms with Gasteiger partial charge in [-0.15, -0.1) is 0 Å². The summed E-state index contributed by atoms with van der Waals surface area (Å²) >= 11 is 0. The summed E-state index contributed by atoms with van der Waals surface area (Å²) < 4.78 is 5.89. The minimum absolute atomic E-state index is 0.0115.